The normalized spacial score (nSPS) is 10.8. The molecule has 0 unspecified atom stereocenters. The summed E-state index contributed by atoms with van der Waals surface area (Å²) in [6, 6.07) is 0. The molecule has 148 valence electrons. The highest BCUT2D eigenvalue weighted by Crippen LogP contribution is 2.13. The summed E-state index contributed by atoms with van der Waals surface area (Å²) < 4.78 is 4.94. The van der Waals surface area contributed by atoms with Crippen molar-refractivity contribution in [3.63, 3.8) is 0 Å². The zero-order chi connectivity index (χ0) is 18.3. The topological polar surface area (TPSA) is 29.5 Å². The van der Waals surface area contributed by atoms with E-state index in [0.717, 1.165) is 0 Å². The molecular formula is C22H48O2. The van der Waals surface area contributed by atoms with Crippen molar-refractivity contribution in [3.8, 4) is 0 Å². The van der Waals surface area contributed by atoms with Gasteiger partial charge in [-0.1, -0.05) is 110 Å². The van der Waals surface area contributed by atoms with Crippen molar-refractivity contribution in [2.45, 2.75) is 130 Å². The molecule has 0 aromatic rings. The van der Waals surface area contributed by atoms with E-state index in [2.05, 4.69) is 13.8 Å². The molecule has 0 aromatic carbocycles. The van der Waals surface area contributed by atoms with Crippen LogP contribution < -0.4 is 0 Å². The van der Waals surface area contributed by atoms with Crippen molar-refractivity contribution in [2.75, 3.05) is 13.2 Å². The monoisotopic (exact) mass is 344 g/mol. The van der Waals surface area contributed by atoms with E-state index in [1.165, 1.54) is 96.3 Å². The maximum absolute atomic E-state index is 8.19. The number of rotatable bonds is 17. The van der Waals surface area contributed by atoms with Crippen LogP contribution in [0.1, 0.15) is 124 Å². The van der Waals surface area contributed by atoms with Crippen LogP contribution in [0.2, 0.25) is 0 Å². The Labute approximate surface area is 153 Å². The molecule has 0 atom stereocenters. The van der Waals surface area contributed by atoms with Crippen LogP contribution in [0.4, 0.5) is 0 Å². The second kappa shape index (κ2) is 25.2. The van der Waals surface area contributed by atoms with Crippen molar-refractivity contribution >= 4 is 0 Å². The number of hydrogen-bond acceptors (Lipinski definition) is 2. The van der Waals surface area contributed by atoms with Gasteiger partial charge in [-0.15, -0.1) is 0 Å². The van der Waals surface area contributed by atoms with E-state index in [4.69, 9.17) is 9.84 Å². The predicted octanol–water partition coefficient (Wildman–Crippen LogP) is 7.28. The molecule has 0 aliphatic rings. The first-order valence-corrected chi connectivity index (χ1v) is 10.9. The third-order valence-electron chi connectivity index (χ3n) is 4.25. The van der Waals surface area contributed by atoms with Gasteiger partial charge in [-0.3, -0.25) is 0 Å². The van der Waals surface area contributed by atoms with Crippen LogP contribution in [0.15, 0.2) is 0 Å². The minimum absolute atomic E-state index is 0.123. The van der Waals surface area contributed by atoms with E-state index in [-0.39, 0.29) is 12.7 Å². The van der Waals surface area contributed by atoms with Crippen LogP contribution in [0.25, 0.3) is 0 Å². The Hall–Kier alpha value is -0.0800. The molecule has 0 spiro atoms. The zero-order valence-electron chi connectivity index (χ0n) is 17.5. The largest absolute Gasteiger partial charge is 0.394 e. The lowest BCUT2D eigenvalue weighted by Gasteiger charge is -2.02. The van der Waals surface area contributed by atoms with Gasteiger partial charge >= 0.3 is 0 Å². The van der Waals surface area contributed by atoms with Gasteiger partial charge in [0.2, 0.25) is 0 Å². The Morgan fingerprint density at radius 2 is 0.875 bits per heavy atom. The molecule has 0 bridgehead atoms. The van der Waals surface area contributed by atoms with E-state index in [1.807, 2.05) is 13.8 Å². The highest BCUT2D eigenvalue weighted by atomic mass is 16.5. The van der Waals surface area contributed by atoms with Crippen LogP contribution in [0.3, 0.4) is 0 Å². The van der Waals surface area contributed by atoms with Crippen LogP contribution >= 0.6 is 0 Å². The standard InChI is InChI=1S/C17H36.C5H12O2/c1-3-5-7-9-11-13-15-17-16-14-12-10-8-6-4-2;1-5(2)7-4-3-6/h3-17H2,1-2H3;5-6H,3-4H2,1-2H3. The molecule has 0 heterocycles. The SMILES string of the molecule is CC(C)OCCO.CCCCCCCCCCCCCCCCC. The van der Waals surface area contributed by atoms with Crippen LogP contribution in [0, 0.1) is 0 Å². The van der Waals surface area contributed by atoms with Crippen molar-refractivity contribution < 1.29 is 9.84 Å². The number of ether oxygens (including phenoxy) is 1. The Morgan fingerprint density at radius 1 is 0.583 bits per heavy atom. The maximum Gasteiger partial charge on any atom is 0.0701 e. The fraction of sp³-hybridized carbons (Fsp3) is 1.00. The van der Waals surface area contributed by atoms with Crippen LogP contribution in [-0.4, -0.2) is 24.4 Å². The van der Waals surface area contributed by atoms with E-state index in [0.29, 0.717) is 6.61 Å². The smallest absolute Gasteiger partial charge is 0.0701 e. The summed E-state index contributed by atoms with van der Waals surface area (Å²) in [5.74, 6) is 0. The third-order valence-corrected chi connectivity index (χ3v) is 4.25. The third kappa shape index (κ3) is 29.9. The van der Waals surface area contributed by atoms with E-state index in [9.17, 15) is 0 Å². The lowest BCUT2D eigenvalue weighted by atomic mass is 10.0. The van der Waals surface area contributed by atoms with Crippen molar-refractivity contribution in [2.24, 2.45) is 0 Å². The fourth-order valence-corrected chi connectivity index (χ4v) is 2.73. The lowest BCUT2D eigenvalue weighted by Crippen LogP contribution is -2.06. The average molecular weight is 345 g/mol. The average Bonchev–Trinajstić information content (AvgIpc) is 2.58. The molecular weight excluding hydrogens is 296 g/mol. The van der Waals surface area contributed by atoms with Gasteiger partial charge in [0.05, 0.1) is 19.3 Å². The highest BCUT2D eigenvalue weighted by molar-refractivity contribution is 4.48. The second-order valence-electron chi connectivity index (χ2n) is 7.24. The van der Waals surface area contributed by atoms with Gasteiger partial charge in [-0.2, -0.15) is 0 Å². The zero-order valence-corrected chi connectivity index (χ0v) is 17.5. The summed E-state index contributed by atoms with van der Waals surface area (Å²) in [6.07, 6.45) is 22.2. The molecule has 1 N–H and O–H groups in total. The molecule has 0 fully saturated rings. The first-order chi connectivity index (χ1) is 11.7. The summed E-state index contributed by atoms with van der Waals surface area (Å²) in [5.41, 5.74) is 0. The van der Waals surface area contributed by atoms with Gasteiger partial charge in [0.25, 0.3) is 0 Å². The van der Waals surface area contributed by atoms with E-state index < -0.39 is 0 Å². The molecule has 0 aliphatic heterocycles. The summed E-state index contributed by atoms with van der Waals surface area (Å²) in [7, 11) is 0. The van der Waals surface area contributed by atoms with Gasteiger partial charge < -0.3 is 9.84 Å². The predicted molar refractivity (Wildman–Crippen MR) is 109 cm³/mol. The molecule has 0 radical (unpaired) electrons. The van der Waals surface area contributed by atoms with Crippen molar-refractivity contribution in [1.82, 2.24) is 0 Å². The number of unbranched alkanes of at least 4 members (excludes halogenated alkanes) is 14. The van der Waals surface area contributed by atoms with Gasteiger partial charge in [0, 0.05) is 0 Å². The molecule has 2 nitrogen and oxygen atoms in total. The Morgan fingerprint density at radius 3 is 1.04 bits per heavy atom. The van der Waals surface area contributed by atoms with Gasteiger partial charge in [-0.05, 0) is 13.8 Å². The maximum atomic E-state index is 8.19. The lowest BCUT2D eigenvalue weighted by molar-refractivity contribution is 0.0494. The summed E-state index contributed by atoms with van der Waals surface area (Å²) >= 11 is 0. The first-order valence-electron chi connectivity index (χ1n) is 10.9. The van der Waals surface area contributed by atoms with Crippen molar-refractivity contribution in [3.05, 3.63) is 0 Å². The van der Waals surface area contributed by atoms with Gasteiger partial charge in [0.1, 0.15) is 0 Å². The minimum Gasteiger partial charge on any atom is -0.394 e. The molecule has 0 aliphatic carbocycles. The Balaban J connectivity index is 0. The quantitative estimate of drug-likeness (QED) is 0.281. The van der Waals surface area contributed by atoms with Gasteiger partial charge in [0.15, 0.2) is 0 Å². The van der Waals surface area contributed by atoms with E-state index >= 15 is 0 Å². The number of aliphatic hydroxyl groups excluding tert-OH is 1. The highest BCUT2D eigenvalue weighted by Gasteiger charge is 1.93. The van der Waals surface area contributed by atoms with Crippen LogP contribution in [-0.2, 0) is 4.74 Å². The second-order valence-corrected chi connectivity index (χ2v) is 7.24. The summed E-state index contributed by atoms with van der Waals surface area (Å²) in [4.78, 5) is 0. The summed E-state index contributed by atoms with van der Waals surface area (Å²) in [5, 5.41) is 8.19. The molecule has 2 heteroatoms. The fourth-order valence-electron chi connectivity index (χ4n) is 2.73. The molecule has 0 aromatic heterocycles. The minimum atomic E-state index is 0.123. The Kier molecular flexibility index (Phi) is 27.4. The number of aliphatic hydroxyl groups is 1. The van der Waals surface area contributed by atoms with Gasteiger partial charge in [-0.25, -0.2) is 0 Å². The molecule has 0 amide bonds. The molecule has 0 rings (SSSR count). The Bertz CT molecular complexity index is 178. The summed E-state index contributed by atoms with van der Waals surface area (Å²) in [6.45, 7) is 9.04. The van der Waals surface area contributed by atoms with Crippen LogP contribution in [0.5, 0.6) is 0 Å². The molecule has 0 saturated carbocycles. The van der Waals surface area contributed by atoms with E-state index in [1.54, 1.807) is 0 Å². The number of hydrogen-bond donors (Lipinski definition) is 1. The molecule has 24 heavy (non-hydrogen) atoms. The molecule has 0 saturated heterocycles. The first kappa shape index (κ1) is 26.2. The van der Waals surface area contributed by atoms with Crippen molar-refractivity contribution in [1.29, 1.82) is 0 Å².